The number of carbonyl (C=O) groups excluding carboxylic acids is 1. The Morgan fingerprint density at radius 1 is 0.969 bits per heavy atom. The number of rotatable bonds is 4. The summed E-state index contributed by atoms with van der Waals surface area (Å²) in [5, 5.41) is 4.62. The molecular weight excluding hydrogens is 404 g/mol. The Morgan fingerprint density at radius 3 is 2.47 bits per heavy atom. The number of piperidine rings is 1. The molecule has 0 saturated carbocycles. The Hall–Kier alpha value is -3.48. The zero-order chi connectivity index (χ0) is 22.2. The van der Waals surface area contributed by atoms with Crippen molar-refractivity contribution in [2.24, 2.45) is 5.92 Å². The summed E-state index contributed by atoms with van der Waals surface area (Å²) in [5.74, 6) is 0.916. The van der Waals surface area contributed by atoms with Crippen LogP contribution in [0, 0.1) is 12.8 Å². The zero-order valence-corrected chi connectivity index (χ0v) is 18.1. The quantitative estimate of drug-likeness (QED) is 0.593. The normalized spacial score (nSPS) is 19.5. The lowest BCUT2D eigenvalue weighted by Crippen LogP contribution is -2.44. The van der Waals surface area contributed by atoms with Crippen molar-refractivity contribution in [1.82, 2.24) is 19.2 Å². The van der Waals surface area contributed by atoms with Crippen molar-refractivity contribution >= 4 is 5.91 Å². The molecule has 1 fully saturated rings. The van der Waals surface area contributed by atoms with Crippen molar-refractivity contribution in [2.75, 3.05) is 13.1 Å². The van der Waals surface area contributed by atoms with E-state index in [1.165, 1.54) is 9.25 Å². The van der Waals surface area contributed by atoms with Crippen LogP contribution in [0.4, 0.5) is 0 Å². The highest BCUT2D eigenvalue weighted by atomic mass is 16.2. The van der Waals surface area contributed by atoms with Crippen LogP contribution >= 0.6 is 0 Å². The number of aromatic nitrogens is 3. The van der Waals surface area contributed by atoms with Crippen LogP contribution in [0.3, 0.4) is 0 Å². The Kier molecular flexibility index (Phi) is 5.25. The number of hydrogen-bond donors (Lipinski definition) is 0. The summed E-state index contributed by atoms with van der Waals surface area (Å²) in [6, 6.07) is 17.6. The van der Waals surface area contributed by atoms with E-state index in [4.69, 9.17) is 0 Å². The average Bonchev–Trinajstić information content (AvgIpc) is 3.17. The molecule has 0 N–H and O–H groups in total. The first-order valence-corrected chi connectivity index (χ1v) is 11.1. The van der Waals surface area contributed by atoms with Crippen molar-refractivity contribution < 1.29 is 4.79 Å². The van der Waals surface area contributed by atoms with Gasteiger partial charge in [0.1, 0.15) is 5.82 Å². The van der Waals surface area contributed by atoms with E-state index in [1.807, 2.05) is 66.4 Å². The van der Waals surface area contributed by atoms with Gasteiger partial charge in [-0.05, 0) is 30.4 Å². The molecule has 1 amide bonds. The standard InChI is InChI=1S/C25H26N4O3/c1-17-7-9-19(10-8-17)14-29-25(32)24(31)28-15-20-11-12-27(16-21(20)23(28)26-29)22(30)13-18-5-3-2-4-6-18/h2-10,20-21H,11-16H2,1H3. The number of hydrogen-bond acceptors (Lipinski definition) is 4. The van der Waals surface area contributed by atoms with Crippen molar-refractivity contribution in [3.05, 3.63) is 97.8 Å². The molecule has 0 aliphatic carbocycles. The minimum Gasteiger partial charge on any atom is -0.342 e. The van der Waals surface area contributed by atoms with Crippen LogP contribution in [-0.4, -0.2) is 38.2 Å². The second kappa shape index (κ2) is 8.22. The Morgan fingerprint density at radius 2 is 1.72 bits per heavy atom. The van der Waals surface area contributed by atoms with E-state index in [2.05, 4.69) is 5.10 Å². The minimum absolute atomic E-state index is 0.0268. The molecule has 7 nitrogen and oxygen atoms in total. The highest BCUT2D eigenvalue weighted by molar-refractivity contribution is 5.79. The van der Waals surface area contributed by atoms with E-state index in [-0.39, 0.29) is 24.3 Å². The lowest BCUT2D eigenvalue weighted by atomic mass is 9.87. The predicted molar refractivity (Wildman–Crippen MR) is 121 cm³/mol. The molecule has 3 heterocycles. The first kappa shape index (κ1) is 20.4. The van der Waals surface area contributed by atoms with Crippen LogP contribution < -0.4 is 11.1 Å². The molecule has 5 rings (SSSR count). The van der Waals surface area contributed by atoms with Crippen LogP contribution in [0.5, 0.6) is 0 Å². The van der Waals surface area contributed by atoms with Crippen molar-refractivity contribution in [3.8, 4) is 0 Å². The monoisotopic (exact) mass is 430 g/mol. The molecule has 1 aromatic heterocycles. The summed E-state index contributed by atoms with van der Waals surface area (Å²) >= 11 is 0. The Balaban J connectivity index is 1.40. The number of benzene rings is 2. The molecule has 3 aromatic rings. The van der Waals surface area contributed by atoms with Crippen LogP contribution in [-0.2, 0) is 24.3 Å². The molecular formula is C25H26N4O3. The number of amides is 1. The molecule has 2 unspecified atom stereocenters. The van der Waals surface area contributed by atoms with Gasteiger partial charge in [0.15, 0.2) is 0 Å². The second-order valence-electron chi connectivity index (χ2n) is 8.88. The third kappa shape index (κ3) is 3.79. The van der Waals surface area contributed by atoms with Gasteiger partial charge in [-0.1, -0.05) is 60.2 Å². The average molecular weight is 431 g/mol. The van der Waals surface area contributed by atoms with Crippen LogP contribution in [0.1, 0.15) is 34.9 Å². The van der Waals surface area contributed by atoms with Gasteiger partial charge in [0.25, 0.3) is 0 Å². The lowest BCUT2D eigenvalue weighted by molar-refractivity contribution is -0.132. The summed E-state index contributed by atoms with van der Waals surface area (Å²) in [4.78, 5) is 40.3. The smallest absolute Gasteiger partial charge is 0.332 e. The molecule has 2 aliphatic rings. The fraction of sp³-hybridized carbons (Fsp3) is 0.360. The summed E-state index contributed by atoms with van der Waals surface area (Å²) in [6.07, 6.45) is 1.17. The van der Waals surface area contributed by atoms with Gasteiger partial charge in [0, 0.05) is 25.6 Å². The molecule has 164 valence electrons. The van der Waals surface area contributed by atoms with Gasteiger partial charge in [0.2, 0.25) is 5.91 Å². The fourth-order valence-corrected chi connectivity index (χ4v) is 4.83. The number of aryl methyl sites for hydroxylation is 1. The molecule has 2 atom stereocenters. The van der Waals surface area contributed by atoms with Gasteiger partial charge in [-0.25, -0.2) is 4.68 Å². The van der Waals surface area contributed by atoms with E-state index >= 15 is 0 Å². The molecule has 0 spiro atoms. The molecule has 0 radical (unpaired) electrons. The molecule has 2 aromatic carbocycles. The van der Waals surface area contributed by atoms with Crippen molar-refractivity contribution in [2.45, 2.75) is 38.8 Å². The molecule has 7 heteroatoms. The predicted octanol–water partition coefficient (Wildman–Crippen LogP) is 1.95. The van der Waals surface area contributed by atoms with Gasteiger partial charge in [-0.3, -0.25) is 19.0 Å². The van der Waals surface area contributed by atoms with Crippen LogP contribution in [0.2, 0.25) is 0 Å². The lowest BCUT2D eigenvalue weighted by Gasteiger charge is -2.34. The number of carbonyl (C=O) groups is 1. The second-order valence-corrected chi connectivity index (χ2v) is 8.88. The van der Waals surface area contributed by atoms with E-state index in [1.54, 1.807) is 0 Å². The van der Waals surface area contributed by atoms with E-state index in [0.29, 0.717) is 31.9 Å². The van der Waals surface area contributed by atoms with Crippen LogP contribution in [0.15, 0.2) is 64.2 Å². The van der Waals surface area contributed by atoms with Gasteiger partial charge in [-0.15, -0.1) is 0 Å². The van der Waals surface area contributed by atoms with E-state index in [0.717, 1.165) is 23.1 Å². The Labute approximate surface area is 185 Å². The fourth-order valence-electron chi connectivity index (χ4n) is 4.83. The highest BCUT2D eigenvalue weighted by Crippen LogP contribution is 2.37. The van der Waals surface area contributed by atoms with Gasteiger partial charge < -0.3 is 4.90 Å². The third-order valence-corrected chi connectivity index (χ3v) is 6.67. The van der Waals surface area contributed by atoms with Crippen molar-refractivity contribution in [1.29, 1.82) is 0 Å². The van der Waals surface area contributed by atoms with E-state index < -0.39 is 11.1 Å². The topological polar surface area (TPSA) is 77.2 Å². The van der Waals surface area contributed by atoms with Crippen LogP contribution in [0.25, 0.3) is 0 Å². The number of nitrogens with zero attached hydrogens (tertiary/aromatic N) is 4. The number of likely N-dealkylation sites (tertiary alicyclic amines) is 1. The van der Waals surface area contributed by atoms with Crippen molar-refractivity contribution in [3.63, 3.8) is 0 Å². The SMILES string of the molecule is Cc1ccc(Cn2nc3n(c(=O)c2=O)CC2CCN(C(=O)Cc4ccccc4)CC32)cc1. The zero-order valence-electron chi connectivity index (χ0n) is 18.1. The maximum absolute atomic E-state index is 12.9. The summed E-state index contributed by atoms with van der Waals surface area (Å²) in [6.45, 7) is 3.97. The Bertz CT molecular complexity index is 1260. The summed E-state index contributed by atoms with van der Waals surface area (Å²) in [7, 11) is 0. The maximum atomic E-state index is 12.9. The first-order chi connectivity index (χ1) is 15.5. The summed E-state index contributed by atoms with van der Waals surface area (Å²) < 4.78 is 2.82. The number of fused-ring (bicyclic) bond motifs is 3. The van der Waals surface area contributed by atoms with Gasteiger partial charge in [0.05, 0.1) is 13.0 Å². The molecule has 32 heavy (non-hydrogen) atoms. The van der Waals surface area contributed by atoms with Gasteiger partial charge >= 0.3 is 11.1 Å². The minimum atomic E-state index is -0.593. The van der Waals surface area contributed by atoms with Gasteiger partial charge in [-0.2, -0.15) is 5.10 Å². The summed E-state index contributed by atoms with van der Waals surface area (Å²) in [5.41, 5.74) is 1.94. The van der Waals surface area contributed by atoms with E-state index in [9.17, 15) is 14.4 Å². The molecule has 2 aliphatic heterocycles. The molecule has 0 bridgehead atoms. The first-order valence-electron chi connectivity index (χ1n) is 11.1. The largest absolute Gasteiger partial charge is 0.342 e. The maximum Gasteiger partial charge on any atom is 0.332 e. The third-order valence-electron chi connectivity index (χ3n) is 6.67. The molecule has 1 saturated heterocycles. The highest BCUT2D eigenvalue weighted by Gasteiger charge is 2.41.